The lowest BCUT2D eigenvalue weighted by molar-refractivity contribution is -0.150. The van der Waals surface area contributed by atoms with Crippen molar-refractivity contribution in [1.29, 1.82) is 0 Å². The Morgan fingerprint density at radius 1 is 1.23 bits per heavy atom. The topological polar surface area (TPSA) is 86.7 Å². The van der Waals surface area contributed by atoms with Crippen molar-refractivity contribution in [1.82, 2.24) is 10.2 Å². The number of likely N-dealkylation sites (tertiary alicyclic amines) is 1. The number of carbonyl (C=O) groups is 3. The summed E-state index contributed by atoms with van der Waals surface area (Å²) in [5, 5.41) is 12.5. The third-order valence-corrected chi connectivity index (χ3v) is 5.70. The van der Waals surface area contributed by atoms with E-state index in [9.17, 15) is 19.5 Å². The van der Waals surface area contributed by atoms with Gasteiger partial charge in [-0.3, -0.25) is 9.59 Å². The van der Waals surface area contributed by atoms with Gasteiger partial charge in [0.15, 0.2) is 0 Å². The number of hydrogen-bond donors (Lipinski definition) is 2. The van der Waals surface area contributed by atoms with Crippen LogP contribution < -0.4 is 5.32 Å². The normalized spacial score (nSPS) is 28.8. The van der Waals surface area contributed by atoms with Gasteiger partial charge in [0.1, 0.15) is 5.54 Å². The summed E-state index contributed by atoms with van der Waals surface area (Å²) in [5.74, 6) is -1.35. The summed E-state index contributed by atoms with van der Waals surface area (Å²) < 4.78 is 0. The van der Waals surface area contributed by atoms with Crippen LogP contribution in [-0.2, 0) is 20.9 Å². The van der Waals surface area contributed by atoms with Crippen LogP contribution in [0, 0.1) is 11.8 Å². The predicted molar refractivity (Wildman–Crippen MR) is 96.1 cm³/mol. The van der Waals surface area contributed by atoms with E-state index in [0.29, 0.717) is 31.8 Å². The number of aliphatic carboxylic acids is 1. The molecule has 6 nitrogen and oxygen atoms in total. The van der Waals surface area contributed by atoms with Crippen LogP contribution in [0.3, 0.4) is 0 Å². The molecule has 3 rings (SSSR count). The van der Waals surface area contributed by atoms with Crippen molar-refractivity contribution in [3.05, 3.63) is 35.9 Å². The van der Waals surface area contributed by atoms with Gasteiger partial charge in [-0.05, 0) is 37.2 Å². The van der Waals surface area contributed by atoms with Crippen LogP contribution in [-0.4, -0.2) is 39.9 Å². The summed E-state index contributed by atoms with van der Waals surface area (Å²) in [6.45, 7) is 2.92. The van der Waals surface area contributed by atoms with Gasteiger partial charge in [-0.15, -0.1) is 0 Å². The average Bonchev–Trinajstić information content (AvgIpc) is 2.99. The maximum absolute atomic E-state index is 12.7. The quantitative estimate of drug-likeness (QED) is 0.845. The Labute approximate surface area is 153 Å². The molecule has 2 amide bonds. The Bertz CT molecular complexity index is 680. The summed E-state index contributed by atoms with van der Waals surface area (Å²) in [6.07, 6.45) is 2.62. The molecule has 1 unspecified atom stereocenters. The Morgan fingerprint density at radius 2 is 1.88 bits per heavy atom. The number of carboxylic acid groups (broad SMARTS) is 1. The van der Waals surface area contributed by atoms with E-state index in [1.165, 1.54) is 0 Å². The van der Waals surface area contributed by atoms with Crippen LogP contribution in [0.2, 0.25) is 0 Å². The first kappa shape index (κ1) is 18.4. The van der Waals surface area contributed by atoms with Crippen molar-refractivity contribution >= 4 is 17.8 Å². The number of amides is 2. The second-order valence-corrected chi connectivity index (χ2v) is 7.72. The summed E-state index contributed by atoms with van der Waals surface area (Å²) >= 11 is 0. The van der Waals surface area contributed by atoms with Crippen LogP contribution in [0.25, 0.3) is 0 Å². The molecule has 6 heteroatoms. The van der Waals surface area contributed by atoms with Crippen LogP contribution >= 0.6 is 0 Å². The third-order valence-electron chi connectivity index (χ3n) is 5.70. The summed E-state index contributed by atoms with van der Waals surface area (Å²) in [6, 6.07) is 9.65. The summed E-state index contributed by atoms with van der Waals surface area (Å²) in [7, 11) is 0. The van der Waals surface area contributed by atoms with Crippen molar-refractivity contribution in [2.24, 2.45) is 11.8 Å². The molecule has 1 aliphatic carbocycles. The predicted octanol–water partition coefficient (Wildman–Crippen LogP) is 2.18. The van der Waals surface area contributed by atoms with Crippen LogP contribution in [0.5, 0.6) is 0 Å². The Morgan fingerprint density at radius 3 is 2.50 bits per heavy atom. The lowest BCUT2D eigenvalue weighted by Gasteiger charge is -2.37. The van der Waals surface area contributed by atoms with E-state index < -0.39 is 17.4 Å². The fraction of sp³-hybridized carbons (Fsp3) is 0.550. The van der Waals surface area contributed by atoms with E-state index in [4.69, 9.17) is 0 Å². The van der Waals surface area contributed by atoms with E-state index >= 15 is 0 Å². The van der Waals surface area contributed by atoms with Gasteiger partial charge in [0.05, 0.1) is 5.92 Å². The van der Waals surface area contributed by atoms with E-state index in [1.807, 2.05) is 30.3 Å². The van der Waals surface area contributed by atoms with Gasteiger partial charge in [0, 0.05) is 19.5 Å². The first-order valence-corrected chi connectivity index (χ1v) is 9.27. The highest BCUT2D eigenvalue weighted by Crippen LogP contribution is 2.33. The zero-order valence-corrected chi connectivity index (χ0v) is 15.1. The maximum Gasteiger partial charge on any atom is 0.329 e. The van der Waals surface area contributed by atoms with Crippen molar-refractivity contribution in [3.8, 4) is 0 Å². The number of carbonyl (C=O) groups excluding carboxylic acids is 2. The molecule has 0 bridgehead atoms. The molecular weight excluding hydrogens is 332 g/mol. The van der Waals surface area contributed by atoms with Gasteiger partial charge in [-0.1, -0.05) is 37.3 Å². The van der Waals surface area contributed by atoms with Gasteiger partial charge in [-0.2, -0.15) is 0 Å². The van der Waals surface area contributed by atoms with Gasteiger partial charge < -0.3 is 15.3 Å². The van der Waals surface area contributed by atoms with Crippen molar-refractivity contribution < 1.29 is 19.5 Å². The molecule has 0 aromatic heterocycles. The highest BCUT2D eigenvalue weighted by molar-refractivity contribution is 5.92. The number of nitrogens with zero attached hydrogens (tertiary/aromatic N) is 1. The molecule has 1 atom stereocenters. The Hall–Kier alpha value is -2.37. The lowest BCUT2D eigenvalue weighted by atomic mass is 9.77. The number of nitrogens with one attached hydrogen (secondary N) is 1. The van der Waals surface area contributed by atoms with Crippen LogP contribution in [0.1, 0.15) is 44.6 Å². The largest absolute Gasteiger partial charge is 0.480 e. The molecule has 0 radical (unpaired) electrons. The highest BCUT2D eigenvalue weighted by Gasteiger charge is 2.45. The second kappa shape index (κ2) is 7.48. The monoisotopic (exact) mass is 358 g/mol. The van der Waals surface area contributed by atoms with Crippen molar-refractivity contribution in [2.75, 3.05) is 6.54 Å². The first-order chi connectivity index (χ1) is 12.4. The molecule has 1 aromatic carbocycles. The number of carboxylic acids is 1. The fourth-order valence-electron chi connectivity index (χ4n) is 3.89. The number of hydrogen-bond acceptors (Lipinski definition) is 3. The molecule has 1 aliphatic heterocycles. The van der Waals surface area contributed by atoms with E-state index in [-0.39, 0.29) is 18.2 Å². The molecule has 0 spiro atoms. The molecule has 1 aromatic rings. The fourth-order valence-corrected chi connectivity index (χ4v) is 3.89. The zero-order chi connectivity index (χ0) is 18.7. The molecular formula is C20H26N2O4. The zero-order valence-electron chi connectivity index (χ0n) is 15.1. The van der Waals surface area contributed by atoms with Crippen LogP contribution in [0.4, 0.5) is 0 Å². The third kappa shape index (κ3) is 3.89. The van der Waals surface area contributed by atoms with Gasteiger partial charge in [0.2, 0.25) is 11.8 Å². The van der Waals surface area contributed by atoms with E-state index in [1.54, 1.807) is 4.90 Å². The lowest BCUT2D eigenvalue weighted by Crippen LogP contribution is -2.57. The molecule has 26 heavy (non-hydrogen) atoms. The molecule has 1 saturated carbocycles. The molecule has 2 aliphatic rings. The Balaban J connectivity index is 1.63. The molecule has 140 valence electrons. The molecule has 1 saturated heterocycles. The van der Waals surface area contributed by atoms with Crippen LogP contribution in [0.15, 0.2) is 30.3 Å². The van der Waals surface area contributed by atoms with E-state index in [0.717, 1.165) is 18.4 Å². The molecule has 1 heterocycles. The minimum Gasteiger partial charge on any atom is -0.480 e. The second-order valence-electron chi connectivity index (χ2n) is 7.72. The standard InChI is InChI=1S/C20H26N2O4/c1-14-7-9-20(10-8-14,19(25)26)21-18(24)16-11-17(23)22(13-16)12-15-5-3-2-4-6-15/h2-6,14,16H,7-13H2,1H3,(H,21,24)(H,25,26). The minimum absolute atomic E-state index is 0.0596. The Kier molecular flexibility index (Phi) is 5.30. The first-order valence-electron chi connectivity index (χ1n) is 9.27. The summed E-state index contributed by atoms with van der Waals surface area (Å²) in [5.41, 5.74) is -0.162. The van der Waals surface area contributed by atoms with Gasteiger partial charge in [-0.25, -0.2) is 4.79 Å². The average molecular weight is 358 g/mol. The van der Waals surface area contributed by atoms with E-state index in [2.05, 4.69) is 12.2 Å². The molecule has 2 N–H and O–H groups in total. The number of benzene rings is 1. The minimum atomic E-state index is -1.18. The SMILES string of the molecule is CC1CCC(NC(=O)C2CC(=O)N(Cc3ccccc3)C2)(C(=O)O)CC1. The number of rotatable bonds is 5. The summed E-state index contributed by atoms with van der Waals surface area (Å²) in [4.78, 5) is 38.5. The smallest absolute Gasteiger partial charge is 0.329 e. The van der Waals surface area contributed by atoms with Gasteiger partial charge in [0.25, 0.3) is 0 Å². The maximum atomic E-state index is 12.7. The molecule has 2 fully saturated rings. The van der Waals surface area contributed by atoms with Crippen molar-refractivity contribution in [2.45, 2.75) is 51.1 Å². The highest BCUT2D eigenvalue weighted by atomic mass is 16.4. The van der Waals surface area contributed by atoms with Gasteiger partial charge >= 0.3 is 5.97 Å². The van der Waals surface area contributed by atoms with Crippen molar-refractivity contribution in [3.63, 3.8) is 0 Å².